The van der Waals surface area contributed by atoms with Crippen molar-refractivity contribution < 1.29 is 9.90 Å². The highest BCUT2D eigenvalue weighted by Crippen LogP contribution is 2.14. The molecule has 1 aromatic heterocycles. The normalized spacial score (nSPS) is 10.1. The molecule has 0 spiro atoms. The number of aromatic nitrogens is 1. The number of hydrogen-bond donors (Lipinski definition) is 1. The maximum absolute atomic E-state index is 10.9. The van der Waals surface area contributed by atoms with Crippen molar-refractivity contribution in [3.8, 4) is 0 Å². The molecule has 0 bridgehead atoms. The van der Waals surface area contributed by atoms with E-state index in [0.29, 0.717) is 5.56 Å². The van der Waals surface area contributed by atoms with Crippen LogP contribution >= 0.6 is 11.6 Å². The minimum absolute atomic E-state index is 0.0530. The quantitative estimate of drug-likeness (QED) is 0.378. The van der Waals surface area contributed by atoms with E-state index in [2.05, 4.69) is 15.0 Å². The lowest BCUT2D eigenvalue weighted by Crippen LogP contribution is -2.00. The number of halogens is 1. The third kappa shape index (κ3) is 3.27. The molecule has 0 amide bonds. The molecule has 0 aliphatic carbocycles. The Labute approximate surface area is 95.8 Å². The van der Waals surface area contributed by atoms with Crippen LogP contribution in [0.25, 0.3) is 16.5 Å². The van der Waals surface area contributed by atoms with Crippen molar-refractivity contribution >= 4 is 23.6 Å². The van der Waals surface area contributed by atoms with E-state index in [1.54, 1.807) is 0 Å². The second-order valence-corrected chi connectivity index (χ2v) is 3.10. The van der Waals surface area contributed by atoms with Crippen LogP contribution in [0, 0.1) is 0 Å². The Morgan fingerprint density at radius 1 is 1.75 bits per heavy atom. The first-order chi connectivity index (χ1) is 7.65. The number of aromatic carboxylic acids is 1. The second-order valence-electron chi connectivity index (χ2n) is 2.72. The number of hydrogen-bond acceptors (Lipinski definition) is 3. The van der Waals surface area contributed by atoms with Gasteiger partial charge in [0.05, 0.1) is 5.56 Å². The number of nitrogens with zero attached hydrogens (tertiary/aromatic N) is 4. The van der Waals surface area contributed by atoms with Crippen molar-refractivity contribution in [3.05, 3.63) is 45.1 Å². The highest BCUT2D eigenvalue weighted by atomic mass is 35.5. The summed E-state index contributed by atoms with van der Waals surface area (Å²) in [6.07, 6.45) is 4.40. The standard InChI is InChI=1S/C9H7ClN4O2/c10-8-4-7(9(15)16)6(5-12-8)2-1-3-13-14-11/h1-2,4-5H,3H2,(H,15,16). The molecule has 0 aliphatic heterocycles. The van der Waals surface area contributed by atoms with Crippen LogP contribution in [0.3, 0.4) is 0 Å². The van der Waals surface area contributed by atoms with Crippen molar-refractivity contribution in [2.45, 2.75) is 0 Å². The molecule has 1 aromatic rings. The third-order valence-electron chi connectivity index (χ3n) is 1.68. The van der Waals surface area contributed by atoms with Crippen LogP contribution in [-0.4, -0.2) is 22.6 Å². The zero-order valence-electron chi connectivity index (χ0n) is 8.04. The van der Waals surface area contributed by atoms with Gasteiger partial charge in [0.15, 0.2) is 0 Å². The first kappa shape index (κ1) is 12.0. The average Bonchev–Trinajstić information content (AvgIpc) is 2.26. The molecule has 1 N–H and O–H groups in total. The summed E-state index contributed by atoms with van der Waals surface area (Å²) in [6, 6.07) is 1.26. The van der Waals surface area contributed by atoms with E-state index in [1.807, 2.05) is 0 Å². The van der Waals surface area contributed by atoms with E-state index in [4.69, 9.17) is 22.2 Å². The Morgan fingerprint density at radius 3 is 3.12 bits per heavy atom. The number of azide groups is 1. The molecule has 7 heteroatoms. The van der Waals surface area contributed by atoms with Gasteiger partial charge in [0.1, 0.15) is 5.15 Å². The van der Waals surface area contributed by atoms with Crippen LogP contribution in [0.2, 0.25) is 5.15 Å². The predicted molar refractivity (Wildman–Crippen MR) is 59.3 cm³/mol. The Bertz CT molecular complexity index is 480. The summed E-state index contributed by atoms with van der Waals surface area (Å²) < 4.78 is 0. The highest BCUT2D eigenvalue weighted by molar-refractivity contribution is 6.29. The molecule has 0 saturated heterocycles. The fourth-order valence-corrected chi connectivity index (χ4v) is 1.18. The number of carbonyl (C=O) groups is 1. The van der Waals surface area contributed by atoms with Crippen molar-refractivity contribution in [1.82, 2.24) is 4.98 Å². The summed E-state index contributed by atoms with van der Waals surface area (Å²) in [7, 11) is 0. The molecular formula is C9H7ClN4O2. The fourth-order valence-electron chi connectivity index (χ4n) is 1.02. The number of carboxylic acids is 1. The number of rotatable bonds is 4. The summed E-state index contributed by atoms with van der Waals surface area (Å²) in [5, 5.41) is 12.3. The number of carboxylic acid groups (broad SMARTS) is 1. The molecule has 0 radical (unpaired) electrons. The zero-order chi connectivity index (χ0) is 12.0. The van der Waals surface area contributed by atoms with E-state index in [0.717, 1.165) is 0 Å². The van der Waals surface area contributed by atoms with Gasteiger partial charge in [-0.2, -0.15) is 0 Å². The minimum Gasteiger partial charge on any atom is -0.478 e. The molecule has 0 aliphatic rings. The van der Waals surface area contributed by atoms with Crippen molar-refractivity contribution in [1.29, 1.82) is 0 Å². The monoisotopic (exact) mass is 238 g/mol. The van der Waals surface area contributed by atoms with Crippen LogP contribution in [0.4, 0.5) is 0 Å². The van der Waals surface area contributed by atoms with Gasteiger partial charge < -0.3 is 5.11 Å². The van der Waals surface area contributed by atoms with Gasteiger partial charge in [-0.15, -0.1) is 0 Å². The van der Waals surface area contributed by atoms with E-state index in [9.17, 15) is 4.79 Å². The Kier molecular flexibility index (Phi) is 4.32. The van der Waals surface area contributed by atoms with Crippen LogP contribution in [-0.2, 0) is 0 Å². The molecule has 0 aromatic carbocycles. The highest BCUT2D eigenvalue weighted by Gasteiger charge is 2.08. The lowest BCUT2D eigenvalue weighted by molar-refractivity contribution is 0.0696. The lowest BCUT2D eigenvalue weighted by Gasteiger charge is -2.00. The molecule has 0 unspecified atom stereocenters. The molecule has 1 rings (SSSR count). The lowest BCUT2D eigenvalue weighted by atomic mass is 10.1. The topological polar surface area (TPSA) is 99.0 Å². The molecule has 82 valence electrons. The molecule has 16 heavy (non-hydrogen) atoms. The second kappa shape index (κ2) is 5.75. The van der Waals surface area contributed by atoms with Gasteiger partial charge in [0, 0.05) is 23.2 Å². The summed E-state index contributed by atoms with van der Waals surface area (Å²) in [5.41, 5.74) is 8.50. The van der Waals surface area contributed by atoms with Gasteiger partial charge >= 0.3 is 5.97 Å². The van der Waals surface area contributed by atoms with E-state index in [1.165, 1.54) is 24.4 Å². The molecule has 0 saturated carbocycles. The third-order valence-corrected chi connectivity index (χ3v) is 1.89. The Hall–Kier alpha value is -2.04. The Balaban J connectivity index is 2.99. The molecular weight excluding hydrogens is 232 g/mol. The largest absolute Gasteiger partial charge is 0.478 e. The van der Waals surface area contributed by atoms with Gasteiger partial charge in [-0.3, -0.25) is 0 Å². The molecule has 0 atom stereocenters. The van der Waals surface area contributed by atoms with Gasteiger partial charge in [0.2, 0.25) is 0 Å². The minimum atomic E-state index is -1.09. The van der Waals surface area contributed by atoms with Gasteiger partial charge in [0.25, 0.3) is 0 Å². The van der Waals surface area contributed by atoms with E-state index < -0.39 is 5.97 Å². The van der Waals surface area contributed by atoms with Crippen LogP contribution in [0.5, 0.6) is 0 Å². The predicted octanol–water partition coefficient (Wildman–Crippen LogP) is 2.76. The van der Waals surface area contributed by atoms with Crippen LogP contribution in [0.1, 0.15) is 15.9 Å². The fraction of sp³-hybridized carbons (Fsp3) is 0.111. The van der Waals surface area contributed by atoms with Crippen molar-refractivity contribution in [3.63, 3.8) is 0 Å². The maximum atomic E-state index is 10.9. The molecule has 1 heterocycles. The SMILES string of the molecule is [N-]=[N+]=NCC=Cc1cnc(Cl)cc1C(=O)O. The maximum Gasteiger partial charge on any atom is 0.336 e. The summed E-state index contributed by atoms with van der Waals surface area (Å²) >= 11 is 5.58. The van der Waals surface area contributed by atoms with E-state index in [-0.39, 0.29) is 17.3 Å². The van der Waals surface area contributed by atoms with Crippen LogP contribution in [0.15, 0.2) is 23.5 Å². The molecule has 6 nitrogen and oxygen atoms in total. The summed E-state index contributed by atoms with van der Waals surface area (Å²) in [4.78, 5) is 17.2. The molecule has 0 fully saturated rings. The van der Waals surface area contributed by atoms with Crippen molar-refractivity contribution in [2.24, 2.45) is 5.11 Å². The van der Waals surface area contributed by atoms with Gasteiger partial charge in [-0.1, -0.05) is 28.9 Å². The van der Waals surface area contributed by atoms with Crippen LogP contribution < -0.4 is 0 Å². The summed E-state index contributed by atoms with van der Waals surface area (Å²) in [6.45, 7) is 0.151. The first-order valence-corrected chi connectivity index (χ1v) is 4.59. The number of pyridine rings is 1. The Morgan fingerprint density at radius 2 is 2.50 bits per heavy atom. The van der Waals surface area contributed by atoms with Crippen molar-refractivity contribution in [2.75, 3.05) is 6.54 Å². The van der Waals surface area contributed by atoms with E-state index >= 15 is 0 Å². The first-order valence-electron chi connectivity index (χ1n) is 4.21. The summed E-state index contributed by atoms with van der Waals surface area (Å²) in [5.74, 6) is -1.09. The average molecular weight is 239 g/mol. The van der Waals surface area contributed by atoms with Gasteiger partial charge in [-0.05, 0) is 11.6 Å². The smallest absolute Gasteiger partial charge is 0.336 e. The van der Waals surface area contributed by atoms with Gasteiger partial charge in [-0.25, -0.2) is 9.78 Å². The zero-order valence-corrected chi connectivity index (χ0v) is 8.79.